The number of nitro groups is 1. The Morgan fingerprint density at radius 1 is 1.88 bits per heavy atom. The summed E-state index contributed by atoms with van der Waals surface area (Å²) in [4.78, 5) is 8.96. The van der Waals surface area contributed by atoms with Crippen molar-refractivity contribution in [1.82, 2.24) is 5.01 Å². The van der Waals surface area contributed by atoms with Gasteiger partial charge in [0.25, 0.3) is 6.20 Å². The zero-order chi connectivity index (χ0) is 6.57. The second-order valence-corrected chi connectivity index (χ2v) is 1.25. The van der Waals surface area contributed by atoms with Gasteiger partial charge in [-0.1, -0.05) is 0 Å². The van der Waals surface area contributed by atoms with E-state index in [-0.39, 0.29) is 0 Å². The monoisotopic (exact) mass is 117 g/mol. The lowest BCUT2D eigenvalue weighted by Crippen LogP contribution is -2.18. The molecular formula is C3H7N3O2. The molecule has 5 heteroatoms. The van der Waals surface area contributed by atoms with E-state index in [0.29, 0.717) is 0 Å². The molecule has 0 heterocycles. The van der Waals surface area contributed by atoms with Crippen LogP contribution in [0.15, 0.2) is 12.4 Å². The third-order valence-corrected chi connectivity index (χ3v) is 0.424. The van der Waals surface area contributed by atoms with Gasteiger partial charge >= 0.3 is 0 Å². The Hall–Kier alpha value is -1.10. The van der Waals surface area contributed by atoms with Crippen LogP contribution in [0.4, 0.5) is 0 Å². The van der Waals surface area contributed by atoms with Crippen LogP contribution < -0.4 is 5.84 Å². The zero-order valence-electron chi connectivity index (χ0n) is 4.44. The standard InChI is InChI=1S/C3H7N3O2/c1-5(4)2-3-6(7)8/h2-3H,4H2,1H3. The summed E-state index contributed by atoms with van der Waals surface area (Å²) in [5.74, 6) is 4.98. The van der Waals surface area contributed by atoms with Crippen molar-refractivity contribution in [2.75, 3.05) is 7.05 Å². The van der Waals surface area contributed by atoms with Crippen molar-refractivity contribution in [1.29, 1.82) is 0 Å². The Morgan fingerprint density at radius 2 is 2.38 bits per heavy atom. The van der Waals surface area contributed by atoms with E-state index < -0.39 is 4.92 Å². The van der Waals surface area contributed by atoms with Crippen molar-refractivity contribution in [3.63, 3.8) is 0 Å². The van der Waals surface area contributed by atoms with Crippen LogP contribution in [0.5, 0.6) is 0 Å². The summed E-state index contributed by atoms with van der Waals surface area (Å²) in [6.45, 7) is 0. The van der Waals surface area contributed by atoms with Gasteiger partial charge in [-0.25, -0.2) is 5.84 Å². The Bertz CT molecular complexity index is 109. The van der Waals surface area contributed by atoms with Crippen LogP contribution in [-0.4, -0.2) is 17.0 Å². The smallest absolute Gasteiger partial charge is 0.251 e. The molecule has 5 nitrogen and oxygen atoms in total. The second kappa shape index (κ2) is 2.98. The van der Waals surface area contributed by atoms with Crippen LogP contribution in [-0.2, 0) is 0 Å². The molecule has 0 spiro atoms. The number of hydrogen-bond acceptors (Lipinski definition) is 4. The highest BCUT2D eigenvalue weighted by Gasteiger charge is 1.82. The lowest BCUT2D eigenvalue weighted by Gasteiger charge is -1.98. The van der Waals surface area contributed by atoms with Gasteiger partial charge < -0.3 is 5.01 Å². The van der Waals surface area contributed by atoms with Gasteiger partial charge in [0.2, 0.25) is 0 Å². The number of nitrogens with two attached hydrogens (primary N) is 1. The van der Waals surface area contributed by atoms with Crippen LogP contribution >= 0.6 is 0 Å². The minimum Gasteiger partial charge on any atom is -0.315 e. The lowest BCUT2D eigenvalue weighted by molar-refractivity contribution is -0.403. The van der Waals surface area contributed by atoms with Crippen LogP contribution in [0, 0.1) is 10.1 Å². The molecule has 0 aromatic rings. The molecule has 0 saturated carbocycles. The molecule has 0 aliphatic heterocycles. The number of rotatable bonds is 2. The van der Waals surface area contributed by atoms with Gasteiger partial charge in [0.05, 0.1) is 11.1 Å². The van der Waals surface area contributed by atoms with Crippen molar-refractivity contribution >= 4 is 0 Å². The molecule has 0 aromatic carbocycles. The Labute approximate surface area is 46.5 Å². The average Bonchev–Trinajstić information content (AvgIpc) is 1.61. The topological polar surface area (TPSA) is 72.4 Å². The van der Waals surface area contributed by atoms with Gasteiger partial charge in [0.15, 0.2) is 0 Å². The fourth-order valence-electron chi connectivity index (χ4n) is 0.160. The molecule has 0 aliphatic rings. The zero-order valence-corrected chi connectivity index (χ0v) is 4.44. The largest absolute Gasteiger partial charge is 0.315 e. The molecule has 0 aromatic heterocycles. The fourth-order valence-corrected chi connectivity index (χ4v) is 0.160. The minimum atomic E-state index is -0.580. The van der Waals surface area contributed by atoms with Crippen LogP contribution in [0.1, 0.15) is 0 Å². The van der Waals surface area contributed by atoms with E-state index in [0.717, 1.165) is 17.4 Å². The molecule has 0 aliphatic carbocycles. The first-order chi connectivity index (χ1) is 3.63. The maximum atomic E-state index is 9.54. The predicted molar refractivity (Wildman–Crippen MR) is 28.1 cm³/mol. The lowest BCUT2D eigenvalue weighted by atomic mass is 10.9. The normalized spacial score (nSPS) is 9.75. The Balaban J connectivity index is 3.50. The molecule has 0 fully saturated rings. The first kappa shape index (κ1) is 6.90. The van der Waals surface area contributed by atoms with Crippen molar-refractivity contribution in [2.24, 2.45) is 5.84 Å². The molecule has 0 amide bonds. The molecule has 0 rings (SSSR count). The highest BCUT2D eigenvalue weighted by atomic mass is 16.6. The van der Waals surface area contributed by atoms with E-state index in [1.165, 1.54) is 7.05 Å². The summed E-state index contributed by atoms with van der Waals surface area (Å²) in [7, 11) is 1.50. The Morgan fingerprint density at radius 3 is 2.50 bits per heavy atom. The van der Waals surface area contributed by atoms with Gasteiger partial charge in [-0.05, 0) is 0 Å². The number of nitrogens with zero attached hydrogens (tertiary/aromatic N) is 2. The summed E-state index contributed by atoms with van der Waals surface area (Å²) in [5, 5.41) is 10.6. The molecule has 0 radical (unpaired) electrons. The molecule has 0 unspecified atom stereocenters. The molecule has 2 N–H and O–H groups in total. The quantitative estimate of drug-likeness (QED) is 0.302. The predicted octanol–water partition coefficient (Wildman–Crippen LogP) is -0.460. The van der Waals surface area contributed by atoms with E-state index >= 15 is 0 Å². The summed E-state index contributed by atoms with van der Waals surface area (Å²) >= 11 is 0. The molecule has 8 heavy (non-hydrogen) atoms. The van der Waals surface area contributed by atoms with Crippen LogP contribution in [0.2, 0.25) is 0 Å². The van der Waals surface area contributed by atoms with Crippen LogP contribution in [0.25, 0.3) is 0 Å². The van der Waals surface area contributed by atoms with Crippen molar-refractivity contribution in [2.45, 2.75) is 0 Å². The fraction of sp³-hybridized carbons (Fsp3) is 0.333. The Kier molecular flexibility index (Phi) is 2.57. The summed E-state index contributed by atoms with van der Waals surface area (Å²) in [6.07, 6.45) is 1.92. The third-order valence-electron chi connectivity index (χ3n) is 0.424. The molecule has 0 atom stereocenters. The summed E-state index contributed by atoms with van der Waals surface area (Å²) < 4.78 is 0. The maximum Gasteiger partial charge on any atom is 0.251 e. The summed E-state index contributed by atoms with van der Waals surface area (Å²) in [6, 6.07) is 0. The highest BCUT2D eigenvalue weighted by molar-refractivity contribution is 4.65. The van der Waals surface area contributed by atoms with E-state index in [9.17, 15) is 10.1 Å². The van der Waals surface area contributed by atoms with Gasteiger partial charge in [-0.2, -0.15) is 0 Å². The van der Waals surface area contributed by atoms with E-state index in [4.69, 9.17) is 5.84 Å². The molecule has 46 valence electrons. The first-order valence-corrected chi connectivity index (χ1v) is 1.92. The molecule has 0 bridgehead atoms. The number of hydrazine groups is 1. The van der Waals surface area contributed by atoms with E-state index in [2.05, 4.69) is 0 Å². The van der Waals surface area contributed by atoms with E-state index in [1.54, 1.807) is 0 Å². The third kappa shape index (κ3) is 4.90. The van der Waals surface area contributed by atoms with Gasteiger partial charge in [-0.15, -0.1) is 0 Å². The molecular weight excluding hydrogens is 110 g/mol. The van der Waals surface area contributed by atoms with Crippen molar-refractivity contribution in [3.05, 3.63) is 22.5 Å². The van der Waals surface area contributed by atoms with Gasteiger partial charge in [0, 0.05) is 7.05 Å². The van der Waals surface area contributed by atoms with Crippen LogP contribution in [0.3, 0.4) is 0 Å². The average molecular weight is 117 g/mol. The highest BCUT2D eigenvalue weighted by Crippen LogP contribution is 1.73. The maximum absolute atomic E-state index is 9.54. The van der Waals surface area contributed by atoms with Gasteiger partial charge in [-0.3, -0.25) is 10.1 Å². The van der Waals surface area contributed by atoms with Gasteiger partial charge in [0.1, 0.15) is 0 Å². The minimum absolute atomic E-state index is 0.580. The molecule has 0 saturated heterocycles. The van der Waals surface area contributed by atoms with E-state index in [1.807, 2.05) is 0 Å². The SMILES string of the molecule is CN(N)C=C[N+](=O)[O-]. The second-order valence-electron chi connectivity index (χ2n) is 1.25. The van der Waals surface area contributed by atoms with Crippen molar-refractivity contribution in [3.8, 4) is 0 Å². The number of hydrogen-bond donors (Lipinski definition) is 1. The first-order valence-electron chi connectivity index (χ1n) is 1.92. The summed E-state index contributed by atoms with van der Waals surface area (Å²) in [5.41, 5.74) is 0. The van der Waals surface area contributed by atoms with Crippen molar-refractivity contribution < 1.29 is 4.92 Å².